The van der Waals surface area contributed by atoms with Crippen LogP contribution in [-0.4, -0.2) is 46.8 Å². The number of carbonyl (C=O) groups excluding carboxylic acids is 1. The first-order valence-electron chi connectivity index (χ1n) is 6.61. The average Bonchev–Trinajstić information content (AvgIpc) is 2.56. The van der Waals surface area contributed by atoms with Gasteiger partial charge in [-0.05, 0) is 31.6 Å². The lowest BCUT2D eigenvalue weighted by Gasteiger charge is -2.38. The molecule has 114 valence electrons. The maximum Gasteiger partial charge on any atom is 0.405 e. The van der Waals surface area contributed by atoms with Gasteiger partial charge < -0.3 is 15.3 Å². The molecule has 2 aliphatic rings. The van der Waals surface area contributed by atoms with Crippen molar-refractivity contribution in [2.45, 2.75) is 50.4 Å². The fourth-order valence-corrected chi connectivity index (χ4v) is 3.30. The van der Waals surface area contributed by atoms with Crippen LogP contribution >= 0.6 is 0 Å². The maximum atomic E-state index is 12.1. The van der Waals surface area contributed by atoms with Crippen molar-refractivity contribution >= 4 is 12.0 Å². The summed E-state index contributed by atoms with van der Waals surface area (Å²) in [6, 6.07) is -0.957. The Morgan fingerprint density at radius 3 is 2.20 bits per heavy atom. The van der Waals surface area contributed by atoms with E-state index in [1.807, 2.05) is 5.32 Å². The van der Waals surface area contributed by atoms with Gasteiger partial charge in [-0.1, -0.05) is 0 Å². The normalized spacial score (nSPS) is 29.4. The Bertz CT molecular complexity index is 386. The number of fused-ring (bicyclic) bond motifs is 2. The Labute approximate surface area is 114 Å². The van der Waals surface area contributed by atoms with Gasteiger partial charge in [0.05, 0.1) is 0 Å². The van der Waals surface area contributed by atoms with E-state index in [9.17, 15) is 22.8 Å². The molecular weight excluding hydrogens is 277 g/mol. The molecule has 2 fully saturated rings. The number of carboxylic acid groups (broad SMARTS) is 1. The molecule has 2 atom stereocenters. The number of alkyl halides is 3. The predicted octanol–water partition coefficient (Wildman–Crippen LogP) is 1.98. The van der Waals surface area contributed by atoms with Crippen molar-refractivity contribution < 1.29 is 27.9 Å². The number of nitrogens with one attached hydrogen (secondary N) is 1. The van der Waals surface area contributed by atoms with Crippen LogP contribution in [0, 0.1) is 5.92 Å². The van der Waals surface area contributed by atoms with Gasteiger partial charge in [-0.25, -0.2) is 4.79 Å². The molecule has 2 heterocycles. The molecule has 0 spiro atoms. The molecule has 20 heavy (non-hydrogen) atoms. The zero-order valence-electron chi connectivity index (χ0n) is 10.8. The minimum Gasteiger partial charge on any atom is -0.481 e. The number of rotatable bonds is 3. The molecule has 2 bridgehead atoms. The summed E-state index contributed by atoms with van der Waals surface area (Å²) in [6.07, 6.45) is -1.77. The standard InChI is InChI=1S/C12H17F3N2O3/c13-12(14,15)6-16-11(20)17-8-1-2-9(17)4-7(3-8)5-10(18)19/h7-9H,1-6H2,(H,16,20)(H,18,19). The molecule has 0 aromatic rings. The summed E-state index contributed by atoms with van der Waals surface area (Å²) in [5.74, 6) is -0.860. The molecule has 5 nitrogen and oxygen atoms in total. The van der Waals surface area contributed by atoms with E-state index in [2.05, 4.69) is 0 Å². The summed E-state index contributed by atoms with van der Waals surface area (Å²) in [7, 11) is 0. The van der Waals surface area contributed by atoms with Gasteiger partial charge in [0.25, 0.3) is 0 Å². The van der Waals surface area contributed by atoms with Crippen molar-refractivity contribution in [3.63, 3.8) is 0 Å². The van der Waals surface area contributed by atoms with Gasteiger partial charge in [0, 0.05) is 18.5 Å². The van der Waals surface area contributed by atoms with Gasteiger partial charge in [-0.3, -0.25) is 4.79 Å². The Balaban J connectivity index is 1.92. The number of carboxylic acids is 1. The first-order chi connectivity index (χ1) is 9.26. The van der Waals surface area contributed by atoms with Crippen LogP contribution in [0.5, 0.6) is 0 Å². The van der Waals surface area contributed by atoms with E-state index >= 15 is 0 Å². The molecule has 0 radical (unpaired) electrons. The largest absolute Gasteiger partial charge is 0.481 e. The highest BCUT2D eigenvalue weighted by atomic mass is 19.4. The SMILES string of the molecule is O=C(O)CC1CC2CCC(C1)N2C(=O)NCC(F)(F)F. The molecule has 2 N–H and O–H groups in total. The van der Waals surface area contributed by atoms with Crippen LogP contribution in [0.25, 0.3) is 0 Å². The molecule has 0 saturated carbocycles. The lowest BCUT2D eigenvalue weighted by molar-refractivity contribution is -0.138. The smallest absolute Gasteiger partial charge is 0.405 e. The third-order valence-corrected chi connectivity index (χ3v) is 3.97. The third kappa shape index (κ3) is 3.55. The minimum absolute atomic E-state index is 0.0108. The second-order valence-electron chi connectivity index (χ2n) is 5.50. The third-order valence-electron chi connectivity index (χ3n) is 3.97. The Hall–Kier alpha value is -1.47. The second-order valence-corrected chi connectivity index (χ2v) is 5.50. The van der Waals surface area contributed by atoms with E-state index in [1.54, 1.807) is 0 Å². The van der Waals surface area contributed by atoms with Crippen LogP contribution in [0.4, 0.5) is 18.0 Å². The van der Waals surface area contributed by atoms with E-state index in [4.69, 9.17) is 5.11 Å². The highest BCUT2D eigenvalue weighted by molar-refractivity contribution is 5.75. The summed E-state index contributed by atoms with van der Waals surface area (Å²) in [5.41, 5.74) is 0. The number of halogens is 3. The van der Waals surface area contributed by atoms with Crippen molar-refractivity contribution in [2.24, 2.45) is 5.92 Å². The lowest BCUT2D eigenvalue weighted by atomic mass is 9.88. The zero-order valence-corrected chi connectivity index (χ0v) is 10.8. The zero-order chi connectivity index (χ0) is 14.9. The summed E-state index contributed by atoms with van der Waals surface area (Å²) in [4.78, 5) is 24.0. The number of aliphatic carboxylic acids is 1. The molecule has 0 aromatic carbocycles. The minimum atomic E-state index is -4.42. The molecule has 2 aliphatic heterocycles. The van der Waals surface area contributed by atoms with Gasteiger partial charge in [0.1, 0.15) is 6.54 Å². The number of hydrogen-bond acceptors (Lipinski definition) is 2. The van der Waals surface area contributed by atoms with E-state index in [1.165, 1.54) is 4.90 Å². The van der Waals surface area contributed by atoms with Crippen LogP contribution in [0.3, 0.4) is 0 Å². The van der Waals surface area contributed by atoms with Crippen LogP contribution in [0.1, 0.15) is 32.1 Å². The first-order valence-corrected chi connectivity index (χ1v) is 6.61. The van der Waals surface area contributed by atoms with E-state index < -0.39 is 24.7 Å². The molecule has 2 unspecified atom stereocenters. The van der Waals surface area contributed by atoms with Crippen LogP contribution in [-0.2, 0) is 4.79 Å². The van der Waals surface area contributed by atoms with E-state index in [0.29, 0.717) is 12.8 Å². The lowest BCUT2D eigenvalue weighted by Crippen LogP contribution is -2.52. The number of amides is 2. The Morgan fingerprint density at radius 2 is 1.75 bits per heavy atom. The Kier molecular flexibility index (Phi) is 4.10. The van der Waals surface area contributed by atoms with Crippen molar-refractivity contribution in [3.05, 3.63) is 0 Å². The number of nitrogens with zero attached hydrogens (tertiary/aromatic N) is 1. The molecular formula is C12H17F3N2O3. The molecule has 0 aromatic heterocycles. The molecule has 0 aliphatic carbocycles. The summed E-state index contributed by atoms with van der Waals surface area (Å²) in [6.45, 7) is -1.33. The van der Waals surface area contributed by atoms with Crippen molar-refractivity contribution in [3.8, 4) is 0 Å². The topological polar surface area (TPSA) is 69.6 Å². The van der Waals surface area contributed by atoms with Crippen molar-refractivity contribution in [1.29, 1.82) is 0 Å². The van der Waals surface area contributed by atoms with Gasteiger partial charge in [-0.15, -0.1) is 0 Å². The predicted molar refractivity (Wildman–Crippen MR) is 63.1 cm³/mol. The van der Waals surface area contributed by atoms with Crippen molar-refractivity contribution in [2.75, 3.05) is 6.54 Å². The van der Waals surface area contributed by atoms with Crippen LogP contribution in [0.15, 0.2) is 0 Å². The number of carbonyl (C=O) groups is 2. The second kappa shape index (κ2) is 5.49. The van der Waals surface area contributed by atoms with Gasteiger partial charge >= 0.3 is 18.2 Å². The quantitative estimate of drug-likeness (QED) is 0.836. The molecule has 2 amide bonds. The summed E-state index contributed by atoms with van der Waals surface area (Å²) in [5, 5.41) is 10.7. The van der Waals surface area contributed by atoms with E-state index in [-0.39, 0.29) is 24.4 Å². The summed E-state index contributed by atoms with van der Waals surface area (Å²) < 4.78 is 36.3. The fraction of sp³-hybridized carbons (Fsp3) is 0.833. The monoisotopic (exact) mass is 294 g/mol. The number of hydrogen-bond donors (Lipinski definition) is 2. The van der Waals surface area contributed by atoms with Crippen molar-refractivity contribution in [1.82, 2.24) is 10.2 Å². The van der Waals surface area contributed by atoms with Gasteiger partial charge in [0.15, 0.2) is 0 Å². The van der Waals surface area contributed by atoms with Gasteiger partial charge in [-0.2, -0.15) is 13.2 Å². The van der Waals surface area contributed by atoms with E-state index in [0.717, 1.165) is 12.8 Å². The molecule has 2 rings (SSSR count). The highest BCUT2D eigenvalue weighted by Gasteiger charge is 2.44. The van der Waals surface area contributed by atoms with Crippen LogP contribution < -0.4 is 5.32 Å². The fourth-order valence-electron chi connectivity index (χ4n) is 3.30. The number of urea groups is 1. The maximum absolute atomic E-state index is 12.1. The van der Waals surface area contributed by atoms with Gasteiger partial charge in [0.2, 0.25) is 0 Å². The highest BCUT2D eigenvalue weighted by Crippen LogP contribution is 2.39. The molecule has 8 heteroatoms. The average molecular weight is 294 g/mol. The van der Waals surface area contributed by atoms with Crippen LogP contribution in [0.2, 0.25) is 0 Å². The summed E-state index contributed by atoms with van der Waals surface area (Å²) >= 11 is 0. The first kappa shape index (κ1) is 14.9. The molecule has 2 saturated heterocycles. The Morgan fingerprint density at radius 1 is 1.20 bits per heavy atom. The number of piperidine rings is 1.